The lowest BCUT2D eigenvalue weighted by molar-refractivity contribution is -0.865. The van der Waals surface area contributed by atoms with E-state index < -0.39 is 0 Å². The van der Waals surface area contributed by atoms with Crippen LogP contribution in [0, 0.1) is 5.41 Å². The van der Waals surface area contributed by atoms with Crippen molar-refractivity contribution < 1.29 is 14.4 Å². The van der Waals surface area contributed by atoms with Gasteiger partial charge in [0.1, 0.15) is 5.75 Å². The lowest BCUT2D eigenvalue weighted by Crippen LogP contribution is -3.07. The molecule has 0 saturated carbocycles. The molecule has 134 valence electrons. The van der Waals surface area contributed by atoms with Gasteiger partial charge in [-0.15, -0.1) is 0 Å². The summed E-state index contributed by atoms with van der Waals surface area (Å²) in [7, 11) is 4.24. The predicted octanol–water partition coefficient (Wildman–Crippen LogP) is 2.02. The average Bonchev–Trinajstić information content (AvgIpc) is 2.58. The lowest BCUT2D eigenvalue weighted by atomic mass is 9.93. The molecule has 4 heteroatoms. The van der Waals surface area contributed by atoms with Crippen molar-refractivity contribution in [2.75, 3.05) is 33.8 Å². The molecule has 0 spiro atoms. The molecule has 0 bridgehead atoms. The zero-order valence-electron chi connectivity index (χ0n) is 15.6. The highest BCUT2D eigenvalue weighted by atomic mass is 16.5. The minimum absolute atomic E-state index is 0.0226. The zero-order valence-corrected chi connectivity index (χ0v) is 15.6. The van der Waals surface area contributed by atoms with E-state index in [2.05, 4.69) is 33.3 Å². The quantitative estimate of drug-likeness (QED) is 0.771. The van der Waals surface area contributed by atoms with Crippen molar-refractivity contribution >= 4 is 5.91 Å². The van der Waals surface area contributed by atoms with Crippen molar-refractivity contribution in [3.63, 3.8) is 0 Å². The number of hydrogen-bond donors (Lipinski definition) is 2. The fraction of sp³-hybridized carbons (Fsp3) is 0.381. The van der Waals surface area contributed by atoms with Crippen molar-refractivity contribution in [1.29, 1.82) is 0 Å². The third-order valence-corrected chi connectivity index (χ3v) is 3.93. The van der Waals surface area contributed by atoms with Crippen LogP contribution in [0.4, 0.5) is 0 Å². The smallest absolute Gasteiger partial charge is 0.257 e. The van der Waals surface area contributed by atoms with Gasteiger partial charge in [0, 0.05) is 17.5 Å². The molecule has 0 heterocycles. The number of quaternary nitrogens is 1. The van der Waals surface area contributed by atoms with Gasteiger partial charge in [0.15, 0.2) is 6.61 Å². The Morgan fingerprint density at radius 1 is 1.04 bits per heavy atom. The predicted molar refractivity (Wildman–Crippen MR) is 102 cm³/mol. The maximum absolute atomic E-state index is 12.2. The summed E-state index contributed by atoms with van der Waals surface area (Å²) >= 11 is 0. The van der Waals surface area contributed by atoms with Crippen LogP contribution in [-0.2, 0) is 4.79 Å². The average molecular weight is 341 g/mol. The highest BCUT2D eigenvalue weighted by Gasteiger charge is 2.22. The monoisotopic (exact) mass is 341 g/mol. The summed E-state index contributed by atoms with van der Waals surface area (Å²) in [5, 5.41) is 2.98. The Morgan fingerprint density at radius 3 is 2.36 bits per heavy atom. The van der Waals surface area contributed by atoms with E-state index >= 15 is 0 Å². The van der Waals surface area contributed by atoms with Crippen LogP contribution in [0.5, 0.6) is 5.75 Å². The Balaban J connectivity index is 1.93. The molecule has 1 amide bonds. The van der Waals surface area contributed by atoms with Crippen LogP contribution in [0.25, 0.3) is 11.1 Å². The van der Waals surface area contributed by atoms with Gasteiger partial charge in [0.25, 0.3) is 5.91 Å². The number of rotatable bonds is 8. The van der Waals surface area contributed by atoms with Crippen LogP contribution in [0.1, 0.15) is 13.8 Å². The van der Waals surface area contributed by atoms with Crippen LogP contribution in [-0.4, -0.2) is 39.7 Å². The highest BCUT2D eigenvalue weighted by molar-refractivity contribution is 5.78. The minimum atomic E-state index is -0.0929. The minimum Gasteiger partial charge on any atom is -0.483 e. The molecule has 2 rings (SSSR count). The van der Waals surface area contributed by atoms with Crippen LogP contribution in [0.3, 0.4) is 0 Å². The number of benzene rings is 2. The zero-order chi connectivity index (χ0) is 18.3. The summed E-state index contributed by atoms with van der Waals surface area (Å²) < 4.78 is 5.78. The first-order chi connectivity index (χ1) is 11.9. The van der Waals surface area contributed by atoms with Gasteiger partial charge >= 0.3 is 0 Å². The van der Waals surface area contributed by atoms with Crippen molar-refractivity contribution in [3.05, 3.63) is 54.6 Å². The molecule has 2 aromatic rings. The number of amides is 1. The molecular weight excluding hydrogens is 312 g/mol. The van der Waals surface area contributed by atoms with E-state index in [-0.39, 0.29) is 17.9 Å². The summed E-state index contributed by atoms with van der Waals surface area (Å²) in [4.78, 5) is 13.5. The first kappa shape index (κ1) is 19.0. The van der Waals surface area contributed by atoms with Crippen LogP contribution in [0.15, 0.2) is 54.6 Å². The van der Waals surface area contributed by atoms with Crippen LogP contribution in [0.2, 0.25) is 0 Å². The second-order valence-corrected chi connectivity index (χ2v) is 7.48. The number of carbonyl (C=O) groups is 1. The summed E-state index contributed by atoms with van der Waals surface area (Å²) in [5.74, 6) is 0.630. The summed E-state index contributed by atoms with van der Waals surface area (Å²) in [6, 6.07) is 17.8. The summed E-state index contributed by atoms with van der Waals surface area (Å²) in [5.41, 5.74) is 2.12. The van der Waals surface area contributed by atoms with E-state index in [1.807, 2.05) is 54.6 Å². The standard InChI is InChI=1S/C21H28N2O2/c1-21(2,16-23(3)4)15-22-20(24)14-25-19-13-9-8-12-18(19)17-10-6-5-7-11-17/h5-13H,14-16H2,1-4H3,(H,22,24)/p+1. The fourth-order valence-electron chi connectivity index (χ4n) is 3.00. The van der Waals surface area contributed by atoms with E-state index in [0.717, 1.165) is 23.4 Å². The third-order valence-electron chi connectivity index (χ3n) is 3.93. The van der Waals surface area contributed by atoms with Crippen molar-refractivity contribution in [2.24, 2.45) is 5.41 Å². The molecule has 0 aliphatic carbocycles. The Hall–Kier alpha value is -2.33. The number of ether oxygens (including phenoxy) is 1. The number of hydrogen-bond acceptors (Lipinski definition) is 2. The fourth-order valence-corrected chi connectivity index (χ4v) is 3.00. The Morgan fingerprint density at radius 2 is 1.68 bits per heavy atom. The molecule has 0 unspecified atom stereocenters. The third kappa shape index (κ3) is 6.24. The van der Waals surface area contributed by atoms with Gasteiger partial charge in [-0.25, -0.2) is 0 Å². The largest absolute Gasteiger partial charge is 0.483 e. The van der Waals surface area contributed by atoms with Crippen molar-refractivity contribution in [2.45, 2.75) is 13.8 Å². The van der Waals surface area contributed by atoms with Gasteiger partial charge in [-0.2, -0.15) is 0 Å². The molecule has 0 aliphatic heterocycles. The van der Waals surface area contributed by atoms with Gasteiger partial charge in [0.2, 0.25) is 0 Å². The molecule has 0 radical (unpaired) electrons. The maximum atomic E-state index is 12.2. The Kier molecular flexibility index (Phi) is 6.59. The first-order valence-electron chi connectivity index (χ1n) is 8.70. The molecule has 0 aliphatic rings. The maximum Gasteiger partial charge on any atom is 0.257 e. The number of nitrogens with one attached hydrogen (secondary N) is 2. The molecule has 0 aromatic heterocycles. The molecule has 0 fully saturated rings. The normalized spacial score (nSPS) is 11.4. The first-order valence-corrected chi connectivity index (χ1v) is 8.70. The van der Waals surface area contributed by atoms with E-state index in [4.69, 9.17) is 4.74 Å². The van der Waals surface area contributed by atoms with Crippen molar-refractivity contribution in [3.8, 4) is 16.9 Å². The van der Waals surface area contributed by atoms with Gasteiger partial charge in [-0.1, -0.05) is 62.4 Å². The van der Waals surface area contributed by atoms with Gasteiger partial charge < -0.3 is 15.0 Å². The molecule has 0 atom stereocenters. The van der Waals surface area contributed by atoms with E-state index in [1.165, 1.54) is 4.90 Å². The van der Waals surface area contributed by atoms with Gasteiger partial charge in [-0.05, 0) is 11.6 Å². The second kappa shape index (κ2) is 8.67. The number of para-hydroxylation sites is 1. The van der Waals surface area contributed by atoms with Crippen LogP contribution < -0.4 is 15.0 Å². The second-order valence-electron chi connectivity index (χ2n) is 7.48. The van der Waals surface area contributed by atoms with E-state index in [9.17, 15) is 4.79 Å². The topological polar surface area (TPSA) is 42.8 Å². The van der Waals surface area contributed by atoms with Gasteiger partial charge in [-0.3, -0.25) is 4.79 Å². The number of carbonyl (C=O) groups excluding carboxylic acids is 1. The molecule has 0 saturated heterocycles. The summed E-state index contributed by atoms with van der Waals surface area (Å²) in [6.45, 7) is 5.97. The van der Waals surface area contributed by atoms with E-state index in [0.29, 0.717) is 6.54 Å². The van der Waals surface area contributed by atoms with E-state index in [1.54, 1.807) is 0 Å². The molecule has 25 heavy (non-hydrogen) atoms. The summed E-state index contributed by atoms with van der Waals surface area (Å²) in [6.07, 6.45) is 0. The molecule has 2 aromatic carbocycles. The lowest BCUT2D eigenvalue weighted by Gasteiger charge is -2.26. The Bertz CT molecular complexity index is 681. The Labute approximate surface area is 150 Å². The molecule has 2 N–H and O–H groups in total. The van der Waals surface area contributed by atoms with Gasteiger partial charge in [0.05, 0.1) is 20.6 Å². The highest BCUT2D eigenvalue weighted by Crippen LogP contribution is 2.29. The SMILES string of the molecule is C[NH+](C)CC(C)(C)CNC(=O)COc1ccccc1-c1ccccc1. The van der Waals surface area contributed by atoms with Crippen molar-refractivity contribution in [1.82, 2.24) is 5.32 Å². The molecule has 4 nitrogen and oxygen atoms in total. The molecular formula is C21H29N2O2+. The van der Waals surface area contributed by atoms with Crippen LogP contribution >= 0.6 is 0 Å².